The van der Waals surface area contributed by atoms with Gasteiger partial charge in [0, 0.05) is 19.2 Å². The number of benzene rings is 4. The van der Waals surface area contributed by atoms with Gasteiger partial charge in [-0.1, -0.05) is 24.3 Å². The van der Waals surface area contributed by atoms with Crippen molar-refractivity contribution in [3.8, 4) is 28.7 Å². The van der Waals surface area contributed by atoms with Gasteiger partial charge < -0.3 is 9.47 Å². The zero-order chi connectivity index (χ0) is 26.6. The number of hydrogen-bond acceptors (Lipinski definition) is 6. The molecule has 0 radical (unpaired) electrons. The Balaban J connectivity index is 1.36. The molecule has 6 aromatic rings. The summed E-state index contributed by atoms with van der Waals surface area (Å²) in [6, 6.07) is 24.0. The van der Waals surface area contributed by atoms with Crippen LogP contribution in [0, 0.1) is 6.92 Å². The quantitative estimate of drug-likeness (QED) is 0.347. The number of hydrogen-bond donors (Lipinski definition) is 0. The van der Waals surface area contributed by atoms with Crippen molar-refractivity contribution >= 4 is 21.5 Å². The molecule has 2 aromatic heterocycles. The molecule has 0 fully saturated rings. The van der Waals surface area contributed by atoms with Crippen molar-refractivity contribution in [1.29, 1.82) is 0 Å². The summed E-state index contributed by atoms with van der Waals surface area (Å²) in [5, 5.41) is 0.392. The Hall–Kier alpha value is -5.24. The van der Waals surface area contributed by atoms with E-state index >= 15 is 0 Å². The van der Waals surface area contributed by atoms with Gasteiger partial charge in [-0.3, -0.25) is 23.7 Å². The van der Waals surface area contributed by atoms with Gasteiger partial charge in [-0.25, -0.2) is 4.57 Å². The summed E-state index contributed by atoms with van der Waals surface area (Å²) >= 11 is 0. The fourth-order valence-electron chi connectivity index (χ4n) is 4.57. The molecule has 0 atom stereocenters. The first-order valence-corrected chi connectivity index (χ1v) is 11.8. The molecular formula is C30H20N2O6. The van der Waals surface area contributed by atoms with E-state index in [0.29, 0.717) is 28.7 Å². The molecule has 8 nitrogen and oxygen atoms in total. The molecule has 6 rings (SSSR count). The van der Waals surface area contributed by atoms with E-state index < -0.39 is 22.2 Å². The van der Waals surface area contributed by atoms with Crippen LogP contribution >= 0.6 is 0 Å². The molecule has 38 heavy (non-hydrogen) atoms. The number of rotatable bonds is 5. The van der Waals surface area contributed by atoms with E-state index in [4.69, 9.17) is 9.47 Å². The summed E-state index contributed by atoms with van der Waals surface area (Å²) in [7, 11) is 1.36. The normalized spacial score (nSPS) is 11.3. The van der Waals surface area contributed by atoms with Crippen molar-refractivity contribution in [2.45, 2.75) is 6.92 Å². The van der Waals surface area contributed by atoms with Crippen molar-refractivity contribution in [1.82, 2.24) is 9.13 Å². The van der Waals surface area contributed by atoms with E-state index in [1.807, 2.05) is 37.3 Å². The molecule has 0 aliphatic rings. The highest BCUT2D eigenvalue weighted by molar-refractivity contribution is 5.98. The van der Waals surface area contributed by atoms with Crippen LogP contribution in [-0.2, 0) is 7.05 Å². The van der Waals surface area contributed by atoms with Crippen LogP contribution in [0.1, 0.15) is 5.56 Å². The predicted molar refractivity (Wildman–Crippen MR) is 145 cm³/mol. The highest BCUT2D eigenvalue weighted by atomic mass is 16.5. The van der Waals surface area contributed by atoms with Crippen LogP contribution in [0.5, 0.6) is 23.0 Å². The molecule has 0 N–H and O–H groups in total. The lowest BCUT2D eigenvalue weighted by Crippen LogP contribution is -2.23. The molecule has 0 spiro atoms. The Kier molecular flexibility index (Phi) is 5.31. The summed E-state index contributed by atoms with van der Waals surface area (Å²) in [4.78, 5) is 51.2. The molecule has 0 amide bonds. The standard InChI is InChI=1S/C30H20N2O6/c1-17-6-3-8-19(12-17)37-21-10-5-11-22(14-21)38-20-9-4-7-18(13-20)32-29(35)25-15-23-24(16-26(25)30(32)36)28(34)31(2)27(23)33/h3-16H,1-2H3. The predicted octanol–water partition coefficient (Wildman–Crippen LogP) is 4.33. The molecule has 0 bridgehead atoms. The van der Waals surface area contributed by atoms with E-state index in [-0.39, 0.29) is 21.5 Å². The minimum atomic E-state index is -0.576. The first kappa shape index (κ1) is 23.2. The van der Waals surface area contributed by atoms with Gasteiger partial charge in [-0.2, -0.15) is 0 Å². The van der Waals surface area contributed by atoms with E-state index in [1.165, 1.54) is 19.2 Å². The summed E-state index contributed by atoms with van der Waals surface area (Å²) in [5.74, 6) is 2.21. The average Bonchev–Trinajstić information content (AvgIpc) is 3.27. The highest BCUT2D eigenvalue weighted by Crippen LogP contribution is 2.29. The van der Waals surface area contributed by atoms with E-state index in [0.717, 1.165) is 14.7 Å². The molecule has 0 saturated carbocycles. The van der Waals surface area contributed by atoms with Crippen LogP contribution in [0.4, 0.5) is 0 Å². The van der Waals surface area contributed by atoms with Crippen molar-refractivity contribution in [3.05, 3.63) is 132 Å². The molecule has 0 aliphatic heterocycles. The van der Waals surface area contributed by atoms with Crippen LogP contribution in [0.15, 0.2) is 104 Å². The first-order valence-electron chi connectivity index (χ1n) is 11.8. The fourth-order valence-corrected chi connectivity index (χ4v) is 4.57. The number of fused-ring (bicyclic) bond motifs is 2. The van der Waals surface area contributed by atoms with Gasteiger partial charge in [0.25, 0.3) is 22.2 Å². The maximum Gasteiger partial charge on any atom is 0.266 e. The summed E-state index contributed by atoms with van der Waals surface area (Å²) < 4.78 is 13.9. The van der Waals surface area contributed by atoms with Gasteiger partial charge in [0.1, 0.15) is 23.0 Å². The maximum absolute atomic E-state index is 13.2. The third kappa shape index (κ3) is 3.79. The number of ether oxygens (including phenoxy) is 2. The van der Waals surface area contributed by atoms with Crippen molar-refractivity contribution in [2.24, 2.45) is 7.05 Å². The Morgan fingerprint density at radius 1 is 0.526 bits per heavy atom. The van der Waals surface area contributed by atoms with Gasteiger partial charge in [0.05, 0.1) is 27.2 Å². The lowest BCUT2D eigenvalue weighted by atomic mass is 10.1. The van der Waals surface area contributed by atoms with Crippen LogP contribution in [0.25, 0.3) is 27.2 Å². The van der Waals surface area contributed by atoms with Crippen LogP contribution in [0.3, 0.4) is 0 Å². The van der Waals surface area contributed by atoms with Crippen molar-refractivity contribution in [2.75, 3.05) is 0 Å². The van der Waals surface area contributed by atoms with Crippen LogP contribution in [0.2, 0.25) is 0 Å². The summed E-state index contributed by atoms with van der Waals surface area (Å²) in [6.07, 6.45) is 0. The molecule has 8 heteroatoms. The maximum atomic E-state index is 13.2. The second-order valence-electron chi connectivity index (χ2n) is 9.05. The third-order valence-electron chi connectivity index (χ3n) is 6.44. The van der Waals surface area contributed by atoms with Gasteiger partial charge in [0.2, 0.25) is 0 Å². The minimum Gasteiger partial charge on any atom is -0.457 e. The molecule has 0 saturated heterocycles. The van der Waals surface area contributed by atoms with Gasteiger partial charge >= 0.3 is 0 Å². The minimum absolute atomic E-state index is 0.0810. The van der Waals surface area contributed by atoms with Crippen molar-refractivity contribution in [3.63, 3.8) is 0 Å². The molecule has 0 aliphatic carbocycles. The molecule has 4 aromatic carbocycles. The second kappa shape index (κ2) is 8.70. The lowest BCUT2D eigenvalue weighted by molar-refractivity contribution is 0.460. The van der Waals surface area contributed by atoms with Gasteiger partial charge in [-0.15, -0.1) is 0 Å². The fraction of sp³-hybridized carbons (Fsp3) is 0.0667. The monoisotopic (exact) mass is 504 g/mol. The highest BCUT2D eigenvalue weighted by Gasteiger charge is 2.19. The van der Waals surface area contributed by atoms with Gasteiger partial charge in [0.15, 0.2) is 0 Å². The largest absolute Gasteiger partial charge is 0.457 e. The second-order valence-corrected chi connectivity index (χ2v) is 9.05. The number of aryl methyl sites for hydroxylation is 1. The Morgan fingerprint density at radius 3 is 1.53 bits per heavy atom. The van der Waals surface area contributed by atoms with Gasteiger partial charge in [-0.05, 0) is 61.0 Å². The summed E-state index contributed by atoms with van der Waals surface area (Å²) in [5.41, 5.74) is -0.779. The van der Waals surface area contributed by atoms with E-state index in [9.17, 15) is 19.2 Å². The molecule has 2 heterocycles. The van der Waals surface area contributed by atoms with Crippen LogP contribution < -0.4 is 31.7 Å². The zero-order valence-corrected chi connectivity index (χ0v) is 20.4. The lowest BCUT2D eigenvalue weighted by Gasteiger charge is -2.10. The Bertz CT molecular complexity index is 2020. The zero-order valence-electron chi connectivity index (χ0n) is 20.4. The smallest absolute Gasteiger partial charge is 0.266 e. The van der Waals surface area contributed by atoms with Crippen LogP contribution in [-0.4, -0.2) is 9.13 Å². The number of aromatic nitrogens is 2. The van der Waals surface area contributed by atoms with E-state index in [2.05, 4.69) is 0 Å². The average molecular weight is 504 g/mol. The third-order valence-corrected chi connectivity index (χ3v) is 6.44. The van der Waals surface area contributed by atoms with E-state index in [1.54, 1.807) is 42.5 Å². The molecule has 0 unspecified atom stereocenters. The SMILES string of the molecule is Cc1cccc(Oc2cccc(Oc3cccc(-n4c(=O)c5cc6c(=O)n(C)c(=O)c6cc5c4=O)c3)c2)c1. The topological polar surface area (TPSA) is 96.6 Å². The first-order chi connectivity index (χ1) is 18.3. The number of nitrogens with zero attached hydrogens (tertiary/aromatic N) is 2. The molecule has 186 valence electrons. The summed E-state index contributed by atoms with van der Waals surface area (Å²) in [6.45, 7) is 1.98. The molecular weight excluding hydrogens is 484 g/mol. The Labute approximate surface area is 214 Å². The van der Waals surface area contributed by atoms with Crippen molar-refractivity contribution < 1.29 is 9.47 Å². The Morgan fingerprint density at radius 2 is 0.974 bits per heavy atom.